The molecule has 2 heterocycles. The van der Waals surface area contributed by atoms with Crippen molar-refractivity contribution in [1.82, 2.24) is 10.6 Å². The van der Waals surface area contributed by atoms with E-state index in [2.05, 4.69) is 36.7 Å². The molecule has 0 radical (unpaired) electrons. The summed E-state index contributed by atoms with van der Waals surface area (Å²) >= 11 is 12.6. The van der Waals surface area contributed by atoms with Crippen molar-refractivity contribution in [3.05, 3.63) is 63.4 Å². The summed E-state index contributed by atoms with van der Waals surface area (Å²) in [6.07, 6.45) is 4.00. The summed E-state index contributed by atoms with van der Waals surface area (Å²) in [6, 6.07) is 8.47. The summed E-state index contributed by atoms with van der Waals surface area (Å²) < 4.78 is 16.0. The van der Waals surface area contributed by atoms with Gasteiger partial charge in [-0.2, -0.15) is 0 Å². The first-order valence-corrected chi connectivity index (χ1v) is 16.2. The van der Waals surface area contributed by atoms with E-state index in [0.29, 0.717) is 29.1 Å². The maximum Gasteiger partial charge on any atom is 0.238 e. The number of fused-ring (bicyclic) bond motifs is 2. The van der Waals surface area contributed by atoms with Gasteiger partial charge in [-0.1, -0.05) is 62.2 Å². The zero-order chi connectivity index (χ0) is 32.2. The molecular formula is C34H43Cl2FN4O3. The lowest BCUT2D eigenvalue weighted by Gasteiger charge is -2.38. The topological polar surface area (TPSA) is 113 Å². The zero-order valence-electron chi connectivity index (χ0n) is 26.0. The molecular weight excluding hydrogens is 602 g/mol. The van der Waals surface area contributed by atoms with Gasteiger partial charge in [0.15, 0.2) is 5.78 Å². The van der Waals surface area contributed by atoms with Crippen LogP contribution in [0.15, 0.2) is 36.4 Å². The third-order valence-corrected chi connectivity index (χ3v) is 10.1. The normalized spacial score (nSPS) is 28.6. The Bertz CT molecular complexity index is 1460. The molecule has 1 saturated heterocycles. The fourth-order valence-corrected chi connectivity index (χ4v) is 7.83. The second kappa shape index (κ2) is 12.0. The average molecular weight is 646 g/mol. The number of halogens is 3. The van der Waals surface area contributed by atoms with Crippen LogP contribution in [0.2, 0.25) is 10.0 Å². The van der Waals surface area contributed by atoms with Crippen molar-refractivity contribution in [3.8, 4) is 0 Å². The van der Waals surface area contributed by atoms with Crippen molar-refractivity contribution in [2.24, 2.45) is 17.1 Å². The van der Waals surface area contributed by atoms with Gasteiger partial charge in [-0.15, -0.1) is 0 Å². The number of nitrogens with two attached hydrogens (primary N) is 1. The summed E-state index contributed by atoms with van der Waals surface area (Å²) in [5.41, 5.74) is 5.07. The maximum absolute atomic E-state index is 16.0. The number of nitrogens with one attached hydrogen (secondary N) is 3. The molecule has 0 bridgehead atoms. The molecule has 1 saturated carbocycles. The van der Waals surface area contributed by atoms with E-state index in [1.165, 1.54) is 6.07 Å². The van der Waals surface area contributed by atoms with E-state index in [9.17, 15) is 14.4 Å². The summed E-state index contributed by atoms with van der Waals surface area (Å²) in [5, 5.41) is 10.1. The van der Waals surface area contributed by atoms with Gasteiger partial charge in [0.1, 0.15) is 11.2 Å². The first-order chi connectivity index (χ1) is 20.5. The Hall–Kier alpha value is -2.52. The van der Waals surface area contributed by atoms with Crippen LogP contribution in [0, 0.1) is 17.2 Å². The molecule has 2 amide bonds. The highest BCUT2D eigenvalue weighted by Gasteiger charge is 2.66. The fourth-order valence-electron chi connectivity index (χ4n) is 7.48. The predicted octanol–water partition coefficient (Wildman–Crippen LogP) is 6.25. The van der Waals surface area contributed by atoms with Gasteiger partial charge >= 0.3 is 0 Å². The van der Waals surface area contributed by atoms with Crippen molar-refractivity contribution in [1.29, 1.82) is 0 Å². The molecule has 10 heteroatoms. The number of carbonyl (C=O) groups excluding carboxylic acids is 3. The maximum atomic E-state index is 16.0. The summed E-state index contributed by atoms with van der Waals surface area (Å²) in [4.78, 5) is 41.0. The Morgan fingerprint density at radius 2 is 1.75 bits per heavy atom. The van der Waals surface area contributed by atoms with Gasteiger partial charge in [0.25, 0.3) is 0 Å². The van der Waals surface area contributed by atoms with E-state index in [-0.39, 0.29) is 45.6 Å². The molecule has 3 aliphatic rings. The lowest BCUT2D eigenvalue weighted by Crippen LogP contribution is -2.50. The molecule has 4 atom stereocenters. The standard InChI is InChI=1S/C34H43Cl2FN4O3/c1-32(2,3)17-25-34(22-14-11-19(35)16-24(22)40-31(34)44)27(21-7-6-8-23(36)28(21)37)29(41-25)30(43)39-20-12-9-18(10-13-20)15-26(42)33(4,5)38/h6-8,11,14,16,18,20,25,27,29,41H,9-10,12-13,15,17,38H2,1-5H3,(H,39,43)(H,40,44)/t18?,20?,25-,27+,29-,34+/m1/s1. The average Bonchev–Trinajstić information content (AvgIpc) is 3.39. The van der Waals surface area contributed by atoms with Gasteiger partial charge in [0.2, 0.25) is 11.8 Å². The minimum Gasteiger partial charge on any atom is -0.352 e. The Kier molecular flexibility index (Phi) is 8.97. The monoisotopic (exact) mass is 644 g/mol. The number of benzene rings is 2. The quantitative estimate of drug-likeness (QED) is 0.284. The summed E-state index contributed by atoms with van der Waals surface area (Å²) in [5.74, 6) is -1.86. The molecule has 238 valence electrons. The van der Waals surface area contributed by atoms with E-state index in [4.69, 9.17) is 28.9 Å². The third kappa shape index (κ3) is 6.15. The number of rotatable bonds is 7. The minimum atomic E-state index is -1.30. The van der Waals surface area contributed by atoms with Gasteiger partial charge in [0, 0.05) is 35.1 Å². The molecule has 2 aliphatic heterocycles. The fraction of sp³-hybridized carbons (Fsp3) is 0.559. The van der Waals surface area contributed by atoms with Crippen molar-refractivity contribution in [2.45, 2.75) is 108 Å². The zero-order valence-corrected chi connectivity index (χ0v) is 27.5. The smallest absolute Gasteiger partial charge is 0.238 e. The summed E-state index contributed by atoms with van der Waals surface area (Å²) in [6.45, 7) is 9.69. The SMILES string of the molecule is CC(C)(C)C[C@H]1N[C@@H](C(=O)NC2CCC(CC(=O)C(C)(C)N)CC2)[C@H](c2cccc(Cl)c2F)[C@@]12C(=O)Nc1cc(Cl)ccc12. The van der Waals surface area contributed by atoms with E-state index in [1.807, 2.05) is 6.07 Å². The number of hydrogen-bond donors (Lipinski definition) is 4. The van der Waals surface area contributed by atoms with E-state index < -0.39 is 34.8 Å². The predicted molar refractivity (Wildman–Crippen MR) is 172 cm³/mol. The molecule has 1 aliphatic carbocycles. The Labute approximate surface area is 269 Å². The number of anilines is 1. The molecule has 2 aromatic carbocycles. The van der Waals surface area contributed by atoms with Crippen LogP contribution in [0.25, 0.3) is 0 Å². The van der Waals surface area contributed by atoms with Crippen LogP contribution in [0.4, 0.5) is 10.1 Å². The largest absolute Gasteiger partial charge is 0.352 e. The number of ketones is 1. The van der Waals surface area contributed by atoms with Crippen molar-refractivity contribution < 1.29 is 18.8 Å². The molecule has 5 rings (SSSR count). The van der Waals surface area contributed by atoms with Crippen LogP contribution in [0.3, 0.4) is 0 Å². The molecule has 5 N–H and O–H groups in total. The van der Waals surface area contributed by atoms with Gasteiger partial charge < -0.3 is 21.7 Å². The van der Waals surface area contributed by atoms with Gasteiger partial charge in [0.05, 0.1) is 16.6 Å². The van der Waals surface area contributed by atoms with Gasteiger partial charge in [-0.3, -0.25) is 14.4 Å². The number of amides is 2. The number of carbonyl (C=O) groups is 3. The van der Waals surface area contributed by atoms with Crippen LogP contribution < -0.4 is 21.7 Å². The van der Waals surface area contributed by atoms with Gasteiger partial charge in [-0.05, 0) is 86.6 Å². The highest BCUT2D eigenvalue weighted by atomic mass is 35.5. The van der Waals surface area contributed by atoms with E-state index in [1.54, 1.807) is 38.1 Å². The van der Waals surface area contributed by atoms with Crippen molar-refractivity contribution in [2.75, 3.05) is 5.32 Å². The molecule has 2 fully saturated rings. The molecule has 1 spiro atoms. The van der Waals surface area contributed by atoms with E-state index >= 15 is 4.39 Å². The van der Waals surface area contributed by atoms with Crippen molar-refractivity contribution in [3.63, 3.8) is 0 Å². The summed E-state index contributed by atoms with van der Waals surface area (Å²) in [7, 11) is 0. The highest BCUT2D eigenvalue weighted by molar-refractivity contribution is 6.31. The van der Waals surface area contributed by atoms with Crippen molar-refractivity contribution >= 4 is 46.5 Å². The molecule has 0 aromatic heterocycles. The first-order valence-electron chi connectivity index (χ1n) is 15.5. The Morgan fingerprint density at radius 3 is 2.39 bits per heavy atom. The number of Topliss-reactive ketones (excluding diaryl/α,β-unsaturated/α-hetero) is 1. The molecule has 44 heavy (non-hydrogen) atoms. The molecule has 7 nitrogen and oxygen atoms in total. The second-order valence-electron chi connectivity index (χ2n) is 14.7. The Balaban J connectivity index is 1.51. The first kappa shape index (κ1) is 32.9. The Morgan fingerprint density at radius 1 is 1.07 bits per heavy atom. The molecule has 0 unspecified atom stereocenters. The highest BCUT2D eigenvalue weighted by Crippen LogP contribution is 2.57. The van der Waals surface area contributed by atoms with Crippen LogP contribution >= 0.6 is 23.2 Å². The van der Waals surface area contributed by atoms with Gasteiger partial charge in [-0.25, -0.2) is 4.39 Å². The third-order valence-electron chi connectivity index (χ3n) is 9.61. The molecule has 2 aromatic rings. The van der Waals surface area contributed by atoms with Crippen LogP contribution in [0.5, 0.6) is 0 Å². The lowest BCUT2D eigenvalue weighted by molar-refractivity contribution is -0.126. The number of hydrogen-bond acceptors (Lipinski definition) is 5. The van der Waals surface area contributed by atoms with Crippen LogP contribution in [0.1, 0.15) is 90.2 Å². The van der Waals surface area contributed by atoms with Crippen LogP contribution in [-0.4, -0.2) is 41.3 Å². The van der Waals surface area contributed by atoms with Crippen LogP contribution in [-0.2, 0) is 19.8 Å². The van der Waals surface area contributed by atoms with E-state index in [0.717, 1.165) is 25.7 Å². The second-order valence-corrected chi connectivity index (χ2v) is 15.5. The lowest BCUT2D eigenvalue weighted by atomic mass is 9.62. The minimum absolute atomic E-state index is 0.0399.